The van der Waals surface area contributed by atoms with Crippen molar-refractivity contribution in [2.45, 2.75) is 24.8 Å². The van der Waals surface area contributed by atoms with Crippen molar-refractivity contribution in [2.24, 2.45) is 0 Å². The third-order valence-electron chi connectivity index (χ3n) is 4.76. The fourth-order valence-electron chi connectivity index (χ4n) is 3.15. The molecule has 0 spiro atoms. The number of aromatic nitrogens is 2. The van der Waals surface area contributed by atoms with Crippen LogP contribution in [-0.4, -0.2) is 64.2 Å². The number of carbonyl (C=O) groups excluding carboxylic acids is 1. The standard InChI is InChI=1S/C17H20ClN5O5S/c1-13-19-16(23(25)26)12-21(13)7-6-17(24)20-8-10-22(11-9-20)29(27,28)15-5-3-2-4-14(15)18/h2-5,12H,6-11H2,1H3. The number of amides is 1. The van der Waals surface area contributed by atoms with Gasteiger partial charge in [0.05, 0.1) is 5.02 Å². The first-order valence-corrected chi connectivity index (χ1v) is 10.7. The van der Waals surface area contributed by atoms with Crippen LogP contribution in [0.15, 0.2) is 35.4 Å². The molecule has 0 bridgehead atoms. The molecule has 0 unspecified atom stereocenters. The summed E-state index contributed by atoms with van der Waals surface area (Å²) in [5.74, 6) is 0.0593. The van der Waals surface area contributed by atoms with Crippen LogP contribution in [0.25, 0.3) is 0 Å². The van der Waals surface area contributed by atoms with E-state index < -0.39 is 14.9 Å². The van der Waals surface area contributed by atoms with Crippen molar-refractivity contribution in [3.8, 4) is 0 Å². The van der Waals surface area contributed by atoms with Crippen LogP contribution in [0, 0.1) is 17.0 Å². The first kappa shape index (κ1) is 21.2. The molecule has 1 aliphatic heterocycles. The SMILES string of the molecule is Cc1nc([N+](=O)[O-])cn1CCC(=O)N1CCN(S(=O)(=O)c2ccccc2Cl)CC1. The van der Waals surface area contributed by atoms with Gasteiger partial charge in [0, 0.05) is 46.1 Å². The highest BCUT2D eigenvalue weighted by atomic mass is 35.5. The number of piperazine rings is 1. The first-order valence-electron chi connectivity index (χ1n) is 8.91. The van der Waals surface area contributed by atoms with Gasteiger partial charge in [0.15, 0.2) is 0 Å². The molecule has 1 amide bonds. The van der Waals surface area contributed by atoms with Gasteiger partial charge in [-0.3, -0.25) is 4.79 Å². The smallest absolute Gasteiger partial charge is 0.358 e. The van der Waals surface area contributed by atoms with Gasteiger partial charge < -0.3 is 19.6 Å². The summed E-state index contributed by atoms with van der Waals surface area (Å²) in [6.07, 6.45) is 1.45. The molecule has 0 N–H and O–H groups in total. The zero-order chi connectivity index (χ0) is 21.2. The highest BCUT2D eigenvalue weighted by molar-refractivity contribution is 7.89. The van der Waals surface area contributed by atoms with E-state index in [1.54, 1.807) is 28.5 Å². The van der Waals surface area contributed by atoms with Crippen molar-refractivity contribution in [1.82, 2.24) is 18.8 Å². The number of rotatable bonds is 6. The molecule has 2 aromatic rings. The number of halogens is 1. The second kappa shape index (κ2) is 8.47. The van der Waals surface area contributed by atoms with E-state index in [-0.39, 0.29) is 60.8 Å². The zero-order valence-corrected chi connectivity index (χ0v) is 17.3. The lowest BCUT2D eigenvalue weighted by molar-refractivity contribution is -0.389. The lowest BCUT2D eigenvalue weighted by atomic mass is 10.3. The number of aryl methyl sites for hydroxylation is 2. The molecule has 0 atom stereocenters. The van der Waals surface area contributed by atoms with Crippen molar-refractivity contribution in [2.75, 3.05) is 26.2 Å². The minimum Gasteiger partial charge on any atom is -0.358 e. The Balaban J connectivity index is 1.57. The average Bonchev–Trinajstić information content (AvgIpc) is 3.07. The third-order valence-corrected chi connectivity index (χ3v) is 7.16. The summed E-state index contributed by atoms with van der Waals surface area (Å²) in [5.41, 5.74) is 0. The highest BCUT2D eigenvalue weighted by Gasteiger charge is 2.31. The molecule has 156 valence electrons. The van der Waals surface area contributed by atoms with E-state index in [9.17, 15) is 23.3 Å². The van der Waals surface area contributed by atoms with Crippen molar-refractivity contribution in [1.29, 1.82) is 0 Å². The lowest BCUT2D eigenvalue weighted by Crippen LogP contribution is -2.50. The van der Waals surface area contributed by atoms with Gasteiger partial charge in [0.1, 0.15) is 11.1 Å². The van der Waals surface area contributed by atoms with E-state index in [1.165, 1.54) is 22.6 Å². The van der Waals surface area contributed by atoms with Gasteiger partial charge in [-0.25, -0.2) is 8.42 Å². The Bertz CT molecular complexity index is 1030. The molecule has 3 rings (SSSR count). The Kier molecular flexibility index (Phi) is 6.20. The van der Waals surface area contributed by atoms with Crippen LogP contribution >= 0.6 is 11.6 Å². The number of nitro groups is 1. The first-order chi connectivity index (χ1) is 13.7. The molecule has 2 heterocycles. The fourth-order valence-corrected chi connectivity index (χ4v) is 5.07. The second-order valence-corrected chi connectivity index (χ2v) is 8.88. The molecule has 12 heteroatoms. The summed E-state index contributed by atoms with van der Waals surface area (Å²) in [6, 6.07) is 6.26. The van der Waals surface area contributed by atoms with E-state index in [0.29, 0.717) is 5.82 Å². The highest BCUT2D eigenvalue weighted by Crippen LogP contribution is 2.25. The molecule has 1 saturated heterocycles. The Hall–Kier alpha value is -2.50. The average molecular weight is 442 g/mol. The number of hydrogen-bond acceptors (Lipinski definition) is 6. The summed E-state index contributed by atoms with van der Waals surface area (Å²) in [7, 11) is -3.72. The van der Waals surface area contributed by atoms with Gasteiger partial charge in [-0.05, 0) is 22.0 Å². The van der Waals surface area contributed by atoms with Crippen LogP contribution in [0.1, 0.15) is 12.2 Å². The van der Waals surface area contributed by atoms with Crippen LogP contribution in [-0.2, 0) is 21.4 Å². The molecule has 1 aliphatic rings. The van der Waals surface area contributed by atoms with E-state index in [1.807, 2.05) is 0 Å². The van der Waals surface area contributed by atoms with Crippen LogP contribution in [0.5, 0.6) is 0 Å². The summed E-state index contributed by atoms with van der Waals surface area (Å²) in [5, 5.41) is 10.9. The second-order valence-electron chi connectivity index (χ2n) is 6.56. The largest absolute Gasteiger partial charge is 0.381 e. The molecule has 1 fully saturated rings. The van der Waals surface area contributed by atoms with Gasteiger partial charge >= 0.3 is 5.82 Å². The van der Waals surface area contributed by atoms with Crippen LogP contribution in [0.4, 0.5) is 5.82 Å². The van der Waals surface area contributed by atoms with Gasteiger partial charge in [-0.15, -0.1) is 0 Å². The number of hydrogen-bond donors (Lipinski definition) is 0. The zero-order valence-electron chi connectivity index (χ0n) is 15.7. The Morgan fingerprint density at radius 2 is 1.90 bits per heavy atom. The predicted octanol–water partition coefficient (Wildman–Crippen LogP) is 1.68. The predicted molar refractivity (Wildman–Crippen MR) is 105 cm³/mol. The molecular formula is C17H20ClN5O5S. The summed E-state index contributed by atoms with van der Waals surface area (Å²) >= 11 is 6.02. The molecule has 0 saturated carbocycles. The molecular weight excluding hydrogens is 422 g/mol. The van der Waals surface area contributed by atoms with Crippen molar-refractivity contribution >= 4 is 33.3 Å². The van der Waals surface area contributed by atoms with Gasteiger partial charge in [0.2, 0.25) is 21.8 Å². The number of sulfonamides is 1. The summed E-state index contributed by atoms with van der Waals surface area (Å²) in [4.78, 5) is 28.2. The molecule has 29 heavy (non-hydrogen) atoms. The minimum absolute atomic E-state index is 0.0543. The quantitative estimate of drug-likeness (QED) is 0.497. The van der Waals surface area contributed by atoms with Gasteiger partial charge in [-0.1, -0.05) is 23.7 Å². The van der Waals surface area contributed by atoms with Crippen LogP contribution in [0.3, 0.4) is 0 Å². The van der Waals surface area contributed by atoms with Crippen molar-refractivity contribution < 1.29 is 18.1 Å². The Morgan fingerprint density at radius 3 is 2.48 bits per heavy atom. The maximum absolute atomic E-state index is 12.8. The van der Waals surface area contributed by atoms with Gasteiger partial charge in [0.25, 0.3) is 0 Å². The molecule has 10 nitrogen and oxygen atoms in total. The number of carbonyl (C=O) groups is 1. The normalized spacial score (nSPS) is 15.4. The molecule has 1 aromatic carbocycles. The van der Waals surface area contributed by atoms with Gasteiger partial charge in [-0.2, -0.15) is 4.31 Å². The monoisotopic (exact) mass is 441 g/mol. The van der Waals surface area contributed by atoms with E-state index in [2.05, 4.69) is 4.98 Å². The number of imidazole rings is 1. The van der Waals surface area contributed by atoms with E-state index >= 15 is 0 Å². The Morgan fingerprint density at radius 1 is 1.24 bits per heavy atom. The Labute approximate surface area is 172 Å². The fraction of sp³-hybridized carbons (Fsp3) is 0.412. The topological polar surface area (TPSA) is 119 Å². The molecule has 0 aliphatic carbocycles. The lowest BCUT2D eigenvalue weighted by Gasteiger charge is -2.34. The maximum Gasteiger partial charge on any atom is 0.381 e. The summed E-state index contributed by atoms with van der Waals surface area (Å²) < 4.78 is 28.4. The van der Waals surface area contributed by atoms with Crippen LogP contribution in [0.2, 0.25) is 5.02 Å². The maximum atomic E-state index is 12.8. The van der Waals surface area contributed by atoms with Crippen molar-refractivity contribution in [3.05, 3.63) is 51.4 Å². The van der Waals surface area contributed by atoms with E-state index in [4.69, 9.17) is 11.6 Å². The van der Waals surface area contributed by atoms with E-state index in [0.717, 1.165) is 0 Å². The third kappa shape index (κ3) is 4.57. The van der Waals surface area contributed by atoms with Crippen LogP contribution < -0.4 is 0 Å². The molecule has 0 radical (unpaired) electrons. The van der Waals surface area contributed by atoms with Crippen molar-refractivity contribution in [3.63, 3.8) is 0 Å². The summed E-state index contributed by atoms with van der Waals surface area (Å²) in [6.45, 7) is 2.79. The minimum atomic E-state index is -3.72. The molecule has 1 aromatic heterocycles. The number of benzene rings is 1. The number of nitrogens with zero attached hydrogens (tertiary/aromatic N) is 5.